The Bertz CT molecular complexity index is 1170. The fourth-order valence-corrected chi connectivity index (χ4v) is 5.07. The molecule has 2 aliphatic rings. The van der Waals surface area contributed by atoms with Crippen LogP contribution in [0.15, 0.2) is 35.6 Å². The molecular formula is C20H14F2LiN5O2S. The van der Waals surface area contributed by atoms with Gasteiger partial charge in [0.2, 0.25) is 11.6 Å². The molecule has 0 spiro atoms. The first-order chi connectivity index (χ1) is 14.2. The van der Waals surface area contributed by atoms with Gasteiger partial charge in [0.25, 0.3) is 0 Å². The van der Waals surface area contributed by atoms with E-state index in [1.165, 1.54) is 24.4 Å². The van der Waals surface area contributed by atoms with Gasteiger partial charge < -0.3 is 15.6 Å². The fourth-order valence-electron chi connectivity index (χ4n) is 3.75. The zero-order valence-corrected chi connectivity index (χ0v) is 17.4. The quantitative estimate of drug-likeness (QED) is 0.393. The van der Waals surface area contributed by atoms with Crippen LogP contribution in [0, 0.1) is 18.4 Å². The molecule has 4 rings (SSSR count). The Morgan fingerprint density at radius 2 is 2.16 bits per heavy atom. The number of carbonyl (C=O) groups excluding carboxylic acids is 1. The van der Waals surface area contributed by atoms with Crippen molar-refractivity contribution in [1.29, 1.82) is 0 Å². The molecule has 2 N–H and O–H groups in total. The van der Waals surface area contributed by atoms with Crippen molar-refractivity contribution < 1.29 is 37.5 Å². The summed E-state index contributed by atoms with van der Waals surface area (Å²) in [5.41, 5.74) is 5.11. The van der Waals surface area contributed by atoms with Gasteiger partial charge in [-0.3, -0.25) is 9.98 Å². The summed E-state index contributed by atoms with van der Waals surface area (Å²) in [6.45, 7) is 8.49. The molecule has 0 radical (unpaired) electrons. The Morgan fingerprint density at radius 1 is 1.42 bits per heavy atom. The van der Waals surface area contributed by atoms with Crippen LogP contribution in [0.25, 0.3) is 16.7 Å². The van der Waals surface area contributed by atoms with E-state index < -0.39 is 33.9 Å². The summed E-state index contributed by atoms with van der Waals surface area (Å²) in [7, 11) is 0. The molecule has 0 aromatic carbocycles. The van der Waals surface area contributed by atoms with Crippen LogP contribution in [0.4, 0.5) is 14.5 Å². The third kappa shape index (κ3) is 3.85. The first-order valence-corrected chi connectivity index (χ1v) is 9.64. The first kappa shape index (κ1) is 23.0. The van der Waals surface area contributed by atoms with Crippen LogP contribution >= 0.6 is 11.8 Å². The van der Waals surface area contributed by atoms with E-state index in [9.17, 15) is 18.7 Å². The molecular weight excluding hydrogens is 419 g/mol. The molecule has 3 heterocycles. The number of aliphatic imine (C=N–C) groups is 1. The van der Waals surface area contributed by atoms with Crippen molar-refractivity contribution in [1.82, 2.24) is 9.97 Å². The van der Waals surface area contributed by atoms with Crippen LogP contribution < -0.4 is 29.7 Å². The Morgan fingerprint density at radius 3 is 2.77 bits per heavy atom. The average molecular weight is 433 g/mol. The molecule has 7 nitrogen and oxygen atoms in total. The number of hydrogen-bond donors (Lipinski definition) is 1. The number of rotatable bonds is 4. The van der Waals surface area contributed by atoms with Gasteiger partial charge in [-0.2, -0.15) is 4.39 Å². The van der Waals surface area contributed by atoms with Crippen LogP contribution in [-0.2, 0) is 10.3 Å². The number of nitrogens with zero attached hydrogens (tertiary/aromatic N) is 4. The molecule has 0 unspecified atom stereocenters. The molecule has 1 saturated carbocycles. The molecule has 0 amide bonds. The summed E-state index contributed by atoms with van der Waals surface area (Å²) in [6, 6.07) is 4.17. The number of hydrogen-bond acceptors (Lipinski definition) is 7. The van der Waals surface area contributed by atoms with E-state index in [1.54, 1.807) is 6.92 Å². The van der Waals surface area contributed by atoms with Crippen LogP contribution in [0.1, 0.15) is 30.2 Å². The van der Waals surface area contributed by atoms with Crippen molar-refractivity contribution in [2.45, 2.75) is 23.6 Å². The SMILES string of the molecule is [C-]#[N+]c1ccc(/C(F)=C/c2cnc(F)c([C@@]3(C)N=C(N)S[C@@]4(C(=O)[O-])C[C@H]43)c2)nc1.[Li+]. The first-order valence-electron chi connectivity index (χ1n) is 8.82. The smallest absolute Gasteiger partial charge is 0.549 e. The van der Waals surface area contributed by atoms with Gasteiger partial charge in [-0.15, -0.1) is 0 Å². The second-order valence-corrected chi connectivity index (χ2v) is 8.60. The van der Waals surface area contributed by atoms with E-state index in [0.717, 1.165) is 24.0 Å². The summed E-state index contributed by atoms with van der Waals surface area (Å²) in [5, 5.41) is 11.7. The molecule has 0 bridgehead atoms. The van der Waals surface area contributed by atoms with Gasteiger partial charge in [-0.25, -0.2) is 14.2 Å². The molecule has 1 aliphatic heterocycles. The maximum Gasteiger partial charge on any atom is 1.00 e. The van der Waals surface area contributed by atoms with Crippen molar-refractivity contribution in [3.05, 3.63) is 64.8 Å². The minimum atomic E-state index is -1.28. The van der Waals surface area contributed by atoms with Gasteiger partial charge in [0.1, 0.15) is 5.83 Å². The number of nitrogens with two attached hydrogens (primary N) is 1. The third-order valence-corrected chi connectivity index (χ3v) is 6.67. The van der Waals surface area contributed by atoms with Crippen LogP contribution in [-0.4, -0.2) is 25.9 Å². The van der Waals surface area contributed by atoms with E-state index in [0.29, 0.717) is 0 Å². The van der Waals surface area contributed by atoms with E-state index in [2.05, 4.69) is 19.8 Å². The maximum absolute atomic E-state index is 14.6. The molecule has 152 valence electrons. The van der Waals surface area contributed by atoms with Gasteiger partial charge in [0, 0.05) is 23.9 Å². The Balaban J connectivity index is 0.00000272. The summed E-state index contributed by atoms with van der Waals surface area (Å²) in [5.74, 6) is -3.34. The fraction of sp³-hybridized carbons (Fsp3) is 0.250. The van der Waals surface area contributed by atoms with Gasteiger partial charge >= 0.3 is 18.9 Å². The monoisotopic (exact) mass is 433 g/mol. The number of carboxylic acids is 1. The summed E-state index contributed by atoms with van der Waals surface area (Å²) < 4.78 is 28.0. The van der Waals surface area contributed by atoms with E-state index in [1.807, 2.05) is 0 Å². The van der Waals surface area contributed by atoms with Gasteiger partial charge in [-0.05, 0) is 37.1 Å². The minimum absolute atomic E-state index is 0. The average Bonchev–Trinajstić information content (AvgIpc) is 3.46. The molecule has 1 aliphatic carbocycles. The predicted octanol–water partition coefficient (Wildman–Crippen LogP) is -0.577. The zero-order chi connectivity index (χ0) is 21.7. The molecule has 11 heteroatoms. The van der Waals surface area contributed by atoms with E-state index >= 15 is 0 Å². The summed E-state index contributed by atoms with van der Waals surface area (Å²) in [4.78, 5) is 26.7. The van der Waals surface area contributed by atoms with Crippen LogP contribution in [0.5, 0.6) is 0 Å². The van der Waals surface area contributed by atoms with Gasteiger partial charge in [-0.1, -0.05) is 17.8 Å². The molecule has 31 heavy (non-hydrogen) atoms. The summed E-state index contributed by atoms with van der Waals surface area (Å²) in [6.07, 6.45) is 3.75. The van der Waals surface area contributed by atoms with E-state index in [4.69, 9.17) is 12.3 Å². The standard InChI is InChI=1S/C20H15F2N5O2S.Li/c1-19(15-7-20(15,17(28)29)30-18(23)27-19)12-5-10(8-26-16(12)22)6-13(21)14-4-3-11(24-2)9-25-14;/h3-6,8-9,15H,7H2,1H3,(H2,23,27)(H,28,29);/q;+1/p-1/b13-6-;/t15-,19+,20-;/m0./s1. The van der Waals surface area contributed by atoms with E-state index in [-0.39, 0.29) is 53.0 Å². The number of pyridine rings is 2. The minimum Gasteiger partial charge on any atom is -0.549 e. The third-order valence-electron chi connectivity index (χ3n) is 5.38. The molecule has 3 atom stereocenters. The normalized spacial score (nSPS) is 26.7. The van der Waals surface area contributed by atoms with Crippen LogP contribution in [0.3, 0.4) is 0 Å². The number of amidine groups is 1. The van der Waals surface area contributed by atoms with Crippen molar-refractivity contribution in [2.75, 3.05) is 0 Å². The predicted molar refractivity (Wildman–Crippen MR) is 106 cm³/mol. The molecule has 2 aromatic heterocycles. The Labute approximate surface area is 192 Å². The zero-order valence-electron chi connectivity index (χ0n) is 16.6. The summed E-state index contributed by atoms with van der Waals surface area (Å²) >= 11 is 0.910. The number of aromatic nitrogens is 2. The van der Waals surface area contributed by atoms with Crippen molar-refractivity contribution in [2.24, 2.45) is 16.6 Å². The van der Waals surface area contributed by atoms with Gasteiger partial charge in [0.15, 0.2) is 5.17 Å². The van der Waals surface area contributed by atoms with Gasteiger partial charge in [0.05, 0.1) is 28.5 Å². The number of halogens is 2. The number of fused-ring (bicyclic) bond motifs is 1. The topological polar surface area (TPSA) is 109 Å². The van der Waals surface area contributed by atoms with Crippen molar-refractivity contribution >= 4 is 40.5 Å². The molecule has 2 aromatic rings. The largest absolute Gasteiger partial charge is 1.00 e. The maximum atomic E-state index is 14.6. The number of carbonyl (C=O) groups is 1. The van der Waals surface area contributed by atoms with Crippen molar-refractivity contribution in [3.8, 4) is 0 Å². The molecule has 0 saturated heterocycles. The molecule has 1 fully saturated rings. The van der Waals surface area contributed by atoms with Crippen LogP contribution in [0.2, 0.25) is 0 Å². The van der Waals surface area contributed by atoms with Crippen molar-refractivity contribution in [3.63, 3.8) is 0 Å². The number of aliphatic carboxylic acids is 1. The second kappa shape index (κ2) is 8.08. The Hall–Kier alpha value is -2.72. The number of thioether (sulfide) groups is 1. The Kier molecular flexibility index (Phi) is 5.98. The second-order valence-electron chi connectivity index (χ2n) is 7.25. The number of carboxylic acid groups (broad SMARTS) is 1.